The molecule has 7 nitrogen and oxygen atoms in total. The normalized spacial score (nSPS) is 10.2. The molecule has 1 N–H and O–H groups in total. The van der Waals surface area contributed by atoms with E-state index in [-0.39, 0.29) is 30.0 Å². The molecule has 0 saturated heterocycles. The number of nitrogens with one attached hydrogen (secondary N) is 1. The fourth-order valence-corrected chi connectivity index (χ4v) is 2.30. The first kappa shape index (κ1) is 18.4. The second-order valence-electron chi connectivity index (χ2n) is 5.02. The number of carbonyl (C=O) groups excluding carboxylic acids is 2. The number of hydrogen-bond donors (Lipinski definition) is 1. The summed E-state index contributed by atoms with van der Waals surface area (Å²) in [4.78, 5) is 34.5. The standard InChI is InChI=1S/C17H15ClN2O5/c1-2-25-17(22)13-7-12(8-14(9-13)20(23)24)16(21)19-10-11-5-3-4-6-15(11)18/h3-9H,2,10H2,1H3,(H,19,21). The van der Waals surface area contributed by atoms with Gasteiger partial charge in [-0.3, -0.25) is 14.9 Å². The molecule has 0 atom stereocenters. The lowest BCUT2D eigenvalue weighted by atomic mass is 10.1. The van der Waals surface area contributed by atoms with Crippen LogP contribution in [-0.4, -0.2) is 23.4 Å². The number of nitro groups is 1. The third-order valence-corrected chi connectivity index (χ3v) is 3.67. The van der Waals surface area contributed by atoms with Gasteiger partial charge in [-0.15, -0.1) is 0 Å². The minimum atomic E-state index is -0.730. The summed E-state index contributed by atoms with van der Waals surface area (Å²) >= 11 is 6.02. The minimum Gasteiger partial charge on any atom is -0.462 e. The fourth-order valence-electron chi connectivity index (χ4n) is 2.10. The molecule has 0 fully saturated rings. The number of rotatable bonds is 6. The number of hydrogen-bond acceptors (Lipinski definition) is 5. The zero-order chi connectivity index (χ0) is 18.4. The lowest BCUT2D eigenvalue weighted by Crippen LogP contribution is -2.23. The van der Waals surface area contributed by atoms with Crippen molar-refractivity contribution >= 4 is 29.2 Å². The van der Waals surface area contributed by atoms with Crippen molar-refractivity contribution < 1.29 is 19.2 Å². The molecule has 2 rings (SSSR count). The zero-order valence-electron chi connectivity index (χ0n) is 13.3. The van der Waals surface area contributed by atoms with Gasteiger partial charge in [-0.05, 0) is 24.6 Å². The number of ether oxygens (including phenoxy) is 1. The molecule has 2 aromatic rings. The van der Waals surface area contributed by atoms with Crippen LogP contribution in [0.3, 0.4) is 0 Å². The third-order valence-electron chi connectivity index (χ3n) is 3.30. The number of esters is 1. The van der Waals surface area contributed by atoms with E-state index in [9.17, 15) is 19.7 Å². The van der Waals surface area contributed by atoms with E-state index in [2.05, 4.69) is 5.32 Å². The second kappa shape index (κ2) is 8.25. The van der Waals surface area contributed by atoms with Gasteiger partial charge in [-0.25, -0.2) is 4.79 Å². The van der Waals surface area contributed by atoms with Gasteiger partial charge in [0, 0.05) is 29.3 Å². The molecule has 0 heterocycles. The van der Waals surface area contributed by atoms with Gasteiger partial charge in [0.25, 0.3) is 11.6 Å². The summed E-state index contributed by atoms with van der Waals surface area (Å²) in [6, 6.07) is 10.4. The Balaban J connectivity index is 2.24. The van der Waals surface area contributed by atoms with Crippen molar-refractivity contribution in [1.29, 1.82) is 0 Å². The molecule has 130 valence electrons. The summed E-state index contributed by atoms with van der Waals surface area (Å²) in [5.41, 5.74) is 0.269. The summed E-state index contributed by atoms with van der Waals surface area (Å²) in [5.74, 6) is -1.29. The number of carbonyl (C=O) groups is 2. The molecule has 0 spiro atoms. The summed E-state index contributed by atoms with van der Waals surface area (Å²) in [6.07, 6.45) is 0. The van der Waals surface area contributed by atoms with E-state index >= 15 is 0 Å². The molecule has 8 heteroatoms. The molecular weight excluding hydrogens is 348 g/mol. The molecule has 0 saturated carbocycles. The first-order valence-corrected chi connectivity index (χ1v) is 7.78. The summed E-state index contributed by atoms with van der Waals surface area (Å²) in [6.45, 7) is 1.89. The van der Waals surface area contributed by atoms with Gasteiger partial charge in [0.1, 0.15) is 0 Å². The van der Waals surface area contributed by atoms with Crippen LogP contribution >= 0.6 is 11.6 Å². The SMILES string of the molecule is CCOC(=O)c1cc(C(=O)NCc2ccccc2Cl)cc([N+](=O)[O-])c1. The Morgan fingerprint density at radius 2 is 1.88 bits per heavy atom. The van der Waals surface area contributed by atoms with Crippen LogP contribution in [0.25, 0.3) is 0 Å². The van der Waals surface area contributed by atoms with Crippen LogP contribution < -0.4 is 5.32 Å². The van der Waals surface area contributed by atoms with Crippen LogP contribution in [0.1, 0.15) is 33.2 Å². The minimum absolute atomic E-state index is 0.00990. The van der Waals surface area contributed by atoms with Crippen molar-refractivity contribution in [2.45, 2.75) is 13.5 Å². The average Bonchev–Trinajstić information content (AvgIpc) is 2.60. The van der Waals surface area contributed by atoms with Crippen LogP contribution in [0, 0.1) is 10.1 Å². The Kier molecular flexibility index (Phi) is 6.08. The Morgan fingerprint density at radius 1 is 1.20 bits per heavy atom. The number of nitrogens with zero attached hydrogens (tertiary/aromatic N) is 1. The highest BCUT2D eigenvalue weighted by molar-refractivity contribution is 6.31. The molecule has 0 aromatic heterocycles. The van der Waals surface area contributed by atoms with Crippen LogP contribution in [-0.2, 0) is 11.3 Å². The van der Waals surface area contributed by atoms with Gasteiger partial charge in [0.15, 0.2) is 0 Å². The Labute approximate surface area is 148 Å². The summed E-state index contributed by atoms with van der Waals surface area (Å²) < 4.78 is 4.83. The number of nitro benzene ring substituents is 1. The van der Waals surface area contributed by atoms with Gasteiger partial charge < -0.3 is 10.1 Å². The van der Waals surface area contributed by atoms with Crippen molar-refractivity contribution in [1.82, 2.24) is 5.32 Å². The molecule has 25 heavy (non-hydrogen) atoms. The van der Waals surface area contributed by atoms with Gasteiger partial charge in [0.05, 0.1) is 17.1 Å². The maximum atomic E-state index is 12.3. The van der Waals surface area contributed by atoms with Crippen molar-refractivity contribution in [2.75, 3.05) is 6.61 Å². The van der Waals surface area contributed by atoms with Gasteiger partial charge in [0.2, 0.25) is 0 Å². The summed E-state index contributed by atoms with van der Waals surface area (Å²) in [7, 11) is 0. The maximum absolute atomic E-state index is 12.3. The van der Waals surface area contributed by atoms with Crippen LogP contribution in [0.5, 0.6) is 0 Å². The smallest absolute Gasteiger partial charge is 0.338 e. The van der Waals surface area contributed by atoms with Crippen molar-refractivity contribution in [3.05, 3.63) is 74.3 Å². The quantitative estimate of drug-likeness (QED) is 0.482. The van der Waals surface area contributed by atoms with E-state index in [0.29, 0.717) is 10.6 Å². The van der Waals surface area contributed by atoms with Crippen molar-refractivity contribution in [3.63, 3.8) is 0 Å². The lowest BCUT2D eigenvalue weighted by molar-refractivity contribution is -0.384. The monoisotopic (exact) mass is 362 g/mol. The largest absolute Gasteiger partial charge is 0.462 e. The van der Waals surface area contributed by atoms with E-state index in [1.807, 2.05) is 0 Å². The van der Waals surface area contributed by atoms with E-state index < -0.39 is 16.8 Å². The molecule has 1 amide bonds. The van der Waals surface area contributed by atoms with Crippen molar-refractivity contribution in [3.8, 4) is 0 Å². The number of halogens is 1. The highest BCUT2D eigenvalue weighted by atomic mass is 35.5. The Hall–Kier alpha value is -2.93. The molecule has 0 unspecified atom stereocenters. The topological polar surface area (TPSA) is 98.5 Å². The van der Waals surface area contributed by atoms with Crippen LogP contribution in [0.15, 0.2) is 42.5 Å². The fraction of sp³-hybridized carbons (Fsp3) is 0.176. The van der Waals surface area contributed by atoms with E-state index in [0.717, 1.165) is 12.1 Å². The molecule has 2 aromatic carbocycles. The Bertz CT molecular complexity index is 822. The molecule has 0 radical (unpaired) electrons. The average molecular weight is 363 g/mol. The van der Waals surface area contributed by atoms with Crippen LogP contribution in [0.4, 0.5) is 5.69 Å². The van der Waals surface area contributed by atoms with E-state index in [1.54, 1.807) is 31.2 Å². The highest BCUT2D eigenvalue weighted by Gasteiger charge is 2.18. The molecule has 0 aliphatic rings. The number of amides is 1. The molecule has 0 aliphatic carbocycles. The van der Waals surface area contributed by atoms with Gasteiger partial charge in [-0.2, -0.15) is 0 Å². The zero-order valence-corrected chi connectivity index (χ0v) is 14.1. The second-order valence-corrected chi connectivity index (χ2v) is 5.43. The van der Waals surface area contributed by atoms with Gasteiger partial charge in [-0.1, -0.05) is 29.8 Å². The third kappa shape index (κ3) is 4.77. The predicted molar refractivity (Wildman–Crippen MR) is 91.7 cm³/mol. The predicted octanol–water partition coefficient (Wildman–Crippen LogP) is 3.35. The molecule has 0 aliphatic heterocycles. The molecule has 0 bridgehead atoms. The first-order chi connectivity index (χ1) is 11.9. The van der Waals surface area contributed by atoms with E-state index in [1.165, 1.54) is 6.07 Å². The molecular formula is C17H15ClN2O5. The summed E-state index contributed by atoms with van der Waals surface area (Å²) in [5, 5.41) is 14.2. The first-order valence-electron chi connectivity index (χ1n) is 7.40. The highest BCUT2D eigenvalue weighted by Crippen LogP contribution is 2.19. The lowest BCUT2D eigenvalue weighted by Gasteiger charge is -2.08. The van der Waals surface area contributed by atoms with Crippen LogP contribution in [0.2, 0.25) is 5.02 Å². The van der Waals surface area contributed by atoms with Crippen molar-refractivity contribution in [2.24, 2.45) is 0 Å². The number of benzene rings is 2. The van der Waals surface area contributed by atoms with Gasteiger partial charge >= 0.3 is 5.97 Å². The van der Waals surface area contributed by atoms with E-state index in [4.69, 9.17) is 16.3 Å². The number of non-ortho nitro benzene ring substituents is 1. The Morgan fingerprint density at radius 3 is 2.52 bits per heavy atom. The maximum Gasteiger partial charge on any atom is 0.338 e.